The zero-order chi connectivity index (χ0) is 12.1. The van der Waals surface area contributed by atoms with Gasteiger partial charge in [0, 0.05) is 20.7 Å². The lowest BCUT2D eigenvalue weighted by Crippen LogP contribution is -2.08. The van der Waals surface area contributed by atoms with Crippen molar-refractivity contribution in [1.82, 2.24) is 0 Å². The molecule has 92 valence electrons. The molecule has 0 N–H and O–H groups in total. The number of halogens is 1. The minimum atomic E-state index is 0.749. The molecule has 1 aromatic rings. The van der Waals surface area contributed by atoms with Crippen LogP contribution in [0.2, 0.25) is 0 Å². The first-order valence-corrected chi connectivity index (χ1v) is 7.95. The van der Waals surface area contributed by atoms with Gasteiger partial charge in [-0.15, -0.1) is 11.8 Å². The van der Waals surface area contributed by atoms with Gasteiger partial charge in [-0.2, -0.15) is 0 Å². The quantitative estimate of drug-likeness (QED) is 0.579. The summed E-state index contributed by atoms with van der Waals surface area (Å²) in [6.45, 7) is 0. The molecule has 17 heavy (non-hydrogen) atoms. The molecule has 1 aliphatic rings. The van der Waals surface area contributed by atoms with Gasteiger partial charge in [0.25, 0.3) is 0 Å². The normalized spacial score (nSPS) is 17.0. The molecule has 0 saturated heterocycles. The fourth-order valence-electron chi connectivity index (χ4n) is 2.27. The molecule has 1 aromatic carbocycles. The van der Waals surface area contributed by atoms with Crippen molar-refractivity contribution in [3.8, 4) is 0 Å². The molecule has 0 radical (unpaired) electrons. The van der Waals surface area contributed by atoms with Crippen LogP contribution in [0.15, 0.2) is 27.6 Å². The number of rotatable bonds is 4. The molecule has 0 heterocycles. The molecule has 0 aliphatic heterocycles. The highest BCUT2D eigenvalue weighted by Gasteiger charge is 2.13. The van der Waals surface area contributed by atoms with Crippen LogP contribution in [-0.2, 0) is 0 Å². The first-order chi connectivity index (χ1) is 8.29. The van der Waals surface area contributed by atoms with Crippen LogP contribution in [0.4, 0.5) is 0 Å². The highest BCUT2D eigenvalue weighted by Crippen LogP contribution is 2.31. The van der Waals surface area contributed by atoms with Crippen molar-refractivity contribution in [2.75, 3.05) is 5.75 Å². The molecule has 0 spiro atoms. The third-order valence-electron chi connectivity index (χ3n) is 3.30. The number of hydrogen-bond donors (Lipinski definition) is 0. The predicted octanol–water partition coefficient (Wildman–Crippen LogP) is 4.93. The van der Waals surface area contributed by atoms with Crippen LogP contribution < -0.4 is 0 Å². The van der Waals surface area contributed by atoms with Gasteiger partial charge in [-0.3, -0.25) is 4.79 Å². The van der Waals surface area contributed by atoms with Crippen LogP contribution in [0.5, 0.6) is 0 Å². The molecule has 0 atom stereocenters. The van der Waals surface area contributed by atoms with Crippen molar-refractivity contribution in [3.05, 3.63) is 28.2 Å². The molecule has 1 aliphatic carbocycles. The third-order valence-corrected chi connectivity index (χ3v) is 5.25. The average molecular weight is 313 g/mol. The number of carbonyl (C=O) groups excluding carboxylic acids is 1. The minimum absolute atomic E-state index is 0.749. The summed E-state index contributed by atoms with van der Waals surface area (Å²) < 4.78 is 0.884. The van der Waals surface area contributed by atoms with Crippen LogP contribution in [0.25, 0.3) is 0 Å². The number of carbonyl (C=O) groups is 1. The molecule has 1 fully saturated rings. The van der Waals surface area contributed by atoms with Crippen LogP contribution in [-0.4, -0.2) is 12.0 Å². The summed E-state index contributed by atoms with van der Waals surface area (Å²) in [4.78, 5) is 12.1. The Morgan fingerprint density at radius 3 is 2.76 bits per heavy atom. The Labute approximate surface area is 115 Å². The first kappa shape index (κ1) is 13.2. The lowest BCUT2D eigenvalue weighted by atomic mass is 9.91. The van der Waals surface area contributed by atoms with Gasteiger partial charge in [0.1, 0.15) is 0 Å². The Morgan fingerprint density at radius 2 is 2.06 bits per heavy atom. The van der Waals surface area contributed by atoms with E-state index >= 15 is 0 Å². The lowest BCUT2D eigenvalue weighted by molar-refractivity contribution is 0.112. The lowest BCUT2D eigenvalue weighted by Gasteiger charge is -2.20. The fraction of sp³-hybridized carbons (Fsp3) is 0.500. The van der Waals surface area contributed by atoms with Crippen LogP contribution in [0.1, 0.15) is 42.5 Å². The Bertz CT molecular complexity index is 386. The smallest absolute Gasteiger partial charge is 0.151 e. The van der Waals surface area contributed by atoms with Crippen molar-refractivity contribution in [3.63, 3.8) is 0 Å². The van der Waals surface area contributed by atoms with Gasteiger partial charge >= 0.3 is 0 Å². The standard InChI is InChI=1S/C14H17BrOS/c15-14-7-6-13(8-12(14)9-16)17-10-11-4-2-1-3-5-11/h6-9,11H,1-5,10H2. The Hall–Kier alpha value is -0.280. The zero-order valence-corrected chi connectivity index (χ0v) is 12.2. The van der Waals surface area contributed by atoms with Crippen molar-refractivity contribution >= 4 is 34.0 Å². The molecular formula is C14H17BrOS. The van der Waals surface area contributed by atoms with E-state index in [-0.39, 0.29) is 0 Å². The first-order valence-electron chi connectivity index (χ1n) is 6.17. The number of benzene rings is 1. The maximum Gasteiger partial charge on any atom is 0.151 e. The van der Waals surface area contributed by atoms with Gasteiger partial charge in [-0.1, -0.05) is 35.2 Å². The van der Waals surface area contributed by atoms with Crippen molar-refractivity contribution in [1.29, 1.82) is 0 Å². The SMILES string of the molecule is O=Cc1cc(SCC2CCCCC2)ccc1Br. The maximum absolute atomic E-state index is 10.8. The summed E-state index contributed by atoms with van der Waals surface area (Å²) in [6, 6.07) is 6.03. The van der Waals surface area contributed by atoms with Gasteiger partial charge in [0.2, 0.25) is 0 Å². The highest BCUT2D eigenvalue weighted by atomic mass is 79.9. The molecule has 0 bridgehead atoms. The van der Waals surface area contributed by atoms with Gasteiger partial charge < -0.3 is 0 Å². The Balaban J connectivity index is 1.91. The molecule has 1 nitrogen and oxygen atoms in total. The van der Waals surface area contributed by atoms with Crippen molar-refractivity contribution in [2.24, 2.45) is 5.92 Å². The summed E-state index contributed by atoms with van der Waals surface area (Å²) in [5.41, 5.74) is 0.749. The molecule has 0 unspecified atom stereocenters. The summed E-state index contributed by atoms with van der Waals surface area (Å²) in [5.74, 6) is 2.07. The van der Waals surface area contributed by atoms with Crippen LogP contribution >= 0.6 is 27.7 Å². The van der Waals surface area contributed by atoms with E-state index in [4.69, 9.17) is 0 Å². The summed E-state index contributed by atoms with van der Waals surface area (Å²) in [7, 11) is 0. The number of aldehydes is 1. The van der Waals surface area contributed by atoms with E-state index < -0.39 is 0 Å². The van der Waals surface area contributed by atoms with Crippen LogP contribution in [0, 0.1) is 5.92 Å². The largest absolute Gasteiger partial charge is 0.298 e. The second-order valence-electron chi connectivity index (χ2n) is 4.62. The topological polar surface area (TPSA) is 17.1 Å². The van der Waals surface area contributed by atoms with Crippen LogP contribution in [0.3, 0.4) is 0 Å². The van der Waals surface area contributed by atoms with Gasteiger partial charge in [-0.25, -0.2) is 0 Å². The minimum Gasteiger partial charge on any atom is -0.298 e. The van der Waals surface area contributed by atoms with Crippen molar-refractivity contribution < 1.29 is 4.79 Å². The van der Waals surface area contributed by atoms with Crippen molar-refractivity contribution in [2.45, 2.75) is 37.0 Å². The molecule has 0 aromatic heterocycles. The maximum atomic E-state index is 10.8. The monoisotopic (exact) mass is 312 g/mol. The summed E-state index contributed by atoms with van der Waals surface area (Å²) in [5, 5.41) is 0. The fourth-order valence-corrected chi connectivity index (χ4v) is 3.75. The number of thioether (sulfide) groups is 1. The van der Waals surface area contributed by atoms with E-state index in [1.165, 1.54) is 42.8 Å². The van der Waals surface area contributed by atoms with E-state index in [0.717, 1.165) is 22.2 Å². The van der Waals surface area contributed by atoms with Gasteiger partial charge in [0.05, 0.1) is 0 Å². The van der Waals surface area contributed by atoms with Gasteiger partial charge in [0.15, 0.2) is 6.29 Å². The average Bonchev–Trinajstić information content (AvgIpc) is 2.39. The summed E-state index contributed by atoms with van der Waals surface area (Å²) in [6.07, 6.45) is 7.87. The molecule has 3 heteroatoms. The van der Waals surface area contributed by atoms with E-state index in [1.54, 1.807) is 0 Å². The predicted molar refractivity (Wildman–Crippen MR) is 76.8 cm³/mol. The van der Waals surface area contributed by atoms with Gasteiger partial charge in [-0.05, 0) is 37.0 Å². The highest BCUT2D eigenvalue weighted by molar-refractivity contribution is 9.10. The Morgan fingerprint density at radius 1 is 1.29 bits per heavy atom. The third kappa shape index (κ3) is 3.85. The summed E-state index contributed by atoms with van der Waals surface area (Å²) >= 11 is 5.26. The molecule has 2 rings (SSSR count). The Kier molecular flexibility index (Phi) is 5.11. The van der Waals surface area contributed by atoms with E-state index in [2.05, 4.69) is 22.0 Å². The second kappa shape index (κ2) is 6.60. The number of hydrogen-bond acceptors (Lipinski definition) is 2. The van der Waals surface area contributed by atoms with E-state index in [0.29, 0.717) is 0 Å². The second-order valence-corrected chi connectivity index (χ2v) is 6.56. The molecule has 1 saturated carbocycles. The molecular weight excluding hydrogens is 296 g/mol. The van der Waals surface area contributed by atoms with E-state index in [1.807, 2.05) is 23.9 Å². The molecule has 0 amide bonds. The van der Waals surface area contributed by atoms with E-state index in [9.17, 15) is 4.79 Å². The zero-order valence-electron chi connectivity index (χ0n) is 9.82.